The van der Waals surface area contributed by atoms with E-state index in [0.717, 1.165) is 5.56 Å². The number of hydrogen-bond acceptors (Lipinski definition) is 7. The van der Waals surface area contributed by atoms with Gasteiger partial charge in [0.25, 0.3) is 11.4 Å². The Balaban J connectivity index is 1.83. The van der Waals surface area contributed by atoms with Crippen LogP contribution in [0.2, 0.25) is 0 Å². The van der Waals surface area contributed by atoms with Crippen LogP contribution < -0.4 is 5.43 Å². The zero-order valence-corrected chi connectivity index (χ0v) is 13.6. The van der Waals surface area contributed by atoms with E-state index in [2.05, 4.69) is 15.5 Å². The Bertz CT molecular complexity index is 1050. The van der Waals surface area contributed by atoms with E-state index in [-0.39, 0.29) is 11.4 Å². The fraction of sp³-hybridized carbons (Fsp3) is 0.0588. The lowest BCUT2D eigenvalue weighted by molar-refractivity contribution is -0.385. The van der Waals surface area contributed by atoms with Crippen LogP contribution in [0.3, 0.4) is 0 Å². The maximum atomic E-state index is 10.9. The highest BCUT2D eigenvalue weighted by molar-refractivity contribution is 5.86. The van der Waals surface area contributed by atoms with E-state index < -0.39 is 9.85 Å². The van der Waals surface area contributed by atoms with Crippen LogP contribution in [0.1, 0.15) is 11.1 Å². The third kappa shape index (κ3) is 3.61. The molecular formula is C17H13N5O4. The molecule has 9 heteroatoms. The Morgan fingerprint density at radius 3 is 2.50 bits per heavy atom. The number of fused-ring (bicyclic) bond motifs is 1. The number of hydrazone groups is 1. The Morgan fingerprint density at radius 1 is 1.04 bits per heavy atom. The molecule has 0 radical (unpaired) electrons. The molecule has 0 saturated carbocycles. The van der Waals surface area contributed by atoms with Crippen molar-refractivity contribution < 1.29 is 9.85 Å². The van der Waals surface area contributed by atoms with Crippen molar-refractivity contribution in [3.63, 3.8) is 0 Å². The van der Waals surface area contributed by atoms with Crippen LogP contribution in [0, 0.1) is 27.2 Å². The predicted molar refractivity (Wildman–Crippen MR) is 97.4 cm³/mol. The average Bonchev–Trinajstić information content (AvgIpc) is 2.61. The van der Waals surface area contributed by atoms with Crippen molar-refractivity contribution in [1.82, 2.24) is 4.98 Å². The molecule has 0 spiro atoms. The van der Waals surface area contributed by atoms with E-state index in [1.807, 2.05) is 6.92 Å². The highest BCUT2D eigenvalue weighted by Gasteiger charge is 2.09. The maximum Gasteiger partial charge on any atom is 0.270 e. The highest BCUT2D eigenvalue weighted by Crippen LogP contribution is 2.24. The lowest BCUT2D eigenvalue weighted by atomic mass is 10.1. The van der Waals surface area contributed by atoms with Crippen LogP contribution in [-0.2, 0) is 0 Å². The lowest BCUT2D eigenvalue weighted by Gasteiger charge is -2.05. The number of non-ortho nitro benzene ring substituents is 2. The SMILES string of the molecule is Cc1cc(N/N=C\c2cccc([N+](=O)[O-])c2)nc2ccc([N+](=O)[O-])cc12. The molecule has 3 aromatic rings. The molecule has 0 unspecified atom stereocenters. The molecule has 0 bridgehead atoms. The van der Waals surface area contributed by atoms with Crippen molar-refractivity contribution in [1.29, 1.82) is 0 Å². The standard InChI is InChI=1S/C17H13N5O4/c1-11-7-17(19-16-6-5-14(22(25)26)9-15(11)16)20-18-10-12-3-2-4-13(8-12)21(23)24/h2-10H,1H3,(H,19,20)/b18-10-. The molecule has 0 aliphatic heterocycles. The van der Waals surface area contributed by atoms with E-state index in [9.17, 15) is 20.2 Å². The van der Waals surface area contributed by atoms with Crippen molar-refractivity contribution in [3.8, 4) is 0 Å². The van der Waals surface area contributed by atoms with Crippen molar-refractivity contribution in [2.45, 2.75) is 6.92 Å². The molecule has 1 N–H and O–H groups in total. The zero-order chi connectivity index (χ0) is 18.7. The second-order valence-electron chi connectivity index (χ2n) is 5.51. The summed E-state index contributed by atoms with van der Waals surface area (Å²) in [6.07, 6.45) is 1.45. The minimum Gasteiger partial charge on any atom is -0.261 e. The summed E-state index contributed by atoms with van der Waals surface area (Å²) in [5.41, 5.74) is 4.74. The average molecular weight is 351 g/mol. The molecule has 0 aliphatic rings. The summed E-state index contributed by atoms with van der Waals surface area (Å²) in [6.45, 7) is 1.82. The summed E-state index contributed by atoms with van der Waals surface area (Å²) in [4.78, 5) is 25.1. The molecule has 0 aliphatic carbocycles. The number of nitro benzene ring substituents is 2. The van der Waals surface area contributed by atoms with E-state index in [1.54, 1.807) is 24.3 Å². The second-order valence-corrected chi connectivity index (χ2v) is 5.51. The minimum atomic E-state index is -0.474. The molecule has 9 nitrogen and oxygen atoms in total. The summed E-state index contributed by atoms with van der Waals surface area (Å²) in [7, 11) is 0. The van der Waals surface area contributed by atoms with Crippen LogP contribution in [0.5, 0.6) is 0 Å². The quantitative estimate of drug-likeness (QED) is 0.423. The summed E-state index contributed by atoms with van der Waals surface area (Å²) >= 11 is 0. The van der Waals surface area contributed by atoms with Gasteiger partial charge in [-0.3, -0.25) is 25.7 Å². The first-order chi connectivity index (χ1) is 12.4. The third-order valence-electron chi connectivity index (χ3n) is 3.68. The first kappa shape index (κ1) is 17.0. The number of hydrogen-bond donors (Lipinski definition) is 1. The van der Waals surface area contributed by atoms with E-state index >= 15 is 0 Å². The topological polar surface area (TPSA) is 124 Å². The van der Waals surface area contributed by atoms with Crippen LogP contribution in [-0.4, -0.2) is 21.0 Å². The van der Waals surface area contributed by atoms with Gasteiger partial charge in [-0.25, -0.2) is 4.98 Å². The van der Waals surface area contributed by atoms with Gasteiger partial charge in [0, 0.05) is 35.2 Å². The van der Waals surface area contributed by atoms with Gasteiger partial charge < -0.3 is 0 Å². The normalized spacial score (nSPS) is 11.0. The lowest BCUT2D eigenvalue weighted by Crippen LogP contribution is -1.96. The summed E-state index contributed by atoms with van der Waals surface area (Å²) in [6, 6.07) is 12.2. The molecule has 0 fully saturated rings. The maximum absolute atomic E-state index is 10.9. The number of aromatic nitrogens is 1. The fourth-order valence-electron chi connectivity index (χ4n) is 2.44. The summed E-state index contributed by atoms with van der Waals surface area (Å²) < 4.78 is 0. The van der Waals surface area contributed by atoms with Crippen molar-refractivity contribution in [3.05, 3.63) is 79.9 Å². The Kier molecular flexibility index (Phi) is 4.52. The van der Waals surface area contributed by atoms with Gasteiger partial charge in [-0.05, 0) is 24.6 Å². The number of nitrogens with one attached hydrogen (secondary N) is 1. The predicted octanol–water partition coefficient (Wildman–Crippen LogP) is 3.81. The number of anilines is 1. The summed E-state index contributed by atoms with van der Waals surface area (Å²) in [5.74, 6) is 0.463. The number of pyridine rings is 1. The molecule has 3 rings (SSSR count). The largest absolute Gasteiger partial charge is 0.270 e. The van der Waals surface area contributed by atoms with E-state index in [1.165, 1.54) is 30.5 Å². The zero-order valence-electron chi connectivity index (χ0n) is 13.6. The van der Waals surface area contributed by atoms with Crippen LogP contribution in [0.15, 0.2) is 53.6 Å². The van der Waals surface area contributed by atoms with Crippen LogP contribution in [0.4, 0.5) is 17.2 Å². The number of nitro groups is 2. The number of nitrogens with zero attached hydrogens (tertiary/aromatic N) is 4. The van der Waals surface area contributed by atoms with Gasteiger partial charge in [0.1, 0.15) is 5.82 Å². The minimum absolute atomic E-state index is 0.00630. The van der Waals surface area contributed by atoms with Crippen LogP contribution in [0.25, 0.3) is 10.9 Å². The van der Waals surface area contributed by atoms with Crippen molar-refractivity contribution in [2.24, 2.45) is 5.10 Å². The Hall–Kier alpha value is -3.88. The second kappa shape index (κ2) is 6.93. The smallest absolute Gasteiger partial charge is 0.261 e. The molecule has 0 amide bonds. The van der Waals surface area contributed by atoms with Gasteiger partial charge in [0.2, 0.25) is 0 Å². The van der Waals surface area contributed by atoms with Gasteiger partial charge in [0.05, 0.1) is 21.6 Å². The van der Waals surface area contributed by atoms with Gasteiger partial charge in [-0.15, -0.1) is 0 Å². The van der Waals surface area contributed by atoms with Crippen molar-refractivity contribution >= 4 is 34.3 Å². The van der Waals surface area contributed by atoms with Gasteiger partial charge in [-0.2, -0.15) is 5.10 Å². The monoisotopic (exact) mass is 351 g/mol. The number of aryl methyl sites for hydroxylation is 1. The van der Waals surface area contributed by atoms with E-state index in [0.29, 0.717) is 22.3 Å². The van der Waals surface area contributed by atoms with E-state index in [4.69, 9.17) is 0 Å². The molecule has 0 atom stereocenters. The third-order valence-corrected chi connectivity index (χ3v) is 3.68. The Labute approximate surface area is 147 Å². The Morgan fingerprint density at radius 2 is 1.77 bits per heavy atom. The van der Waals surface area contributed by atoms with Gasteiger partial charge >= 0.3 is 0 Å². The molecule has 130 valence electrons. The molecule has 2 aromatic carbocycles. The van der Waals surface area contributed by atoms with Crippen molar-refractivity contribution in [2.75, 3.05) is 5.43 Å². The molecular weight excluding hydrogens is 338 g/mol. The number of benzene rings is 2. The highest BCUT2D eigenvalue weighted by atomic mass is 16.6. The number of rotatable bonds is 5. The summed E-state index contributed by atoms with van der Waals surface area (Å²) in [5, 5.41) is 26.4. The first-order valence-corrected chi connectivity index (χ1v) is 7.53. The molecule has 1 heterocycles. The molecule has 1 aromatic heterocycles. The molecule has 0 saturated heterocycles. The van der Waals surface area contributed by atoms with Gasteiger partial charge in [-0.1, -0.05) is 12.1 Å². The first-order valence-electron chi connectivity index (χ1n) is 7.53. The van der Waals surface area contributed by atoms with Crippen LogP contribution >= 0.6 is 0 Å². The van der Waals surface area contributed by atoms with Gasteiger partial charge in [0.15, 0.2) is 0 Å². The fourth-order valence-corrected chi connectivity index (χ4v) is 2.44. The molecule has 26 heavy (non-hydrogen) atoms.